The zero-order valence-electron chi connectivity index (χ0n) is 16.2. The van der Waals surface area contributed by atoms with Gasteiger partial charge in [0.05, 0.1) is 20.0 Å². The Labute approximate surface area is 164 Å². The molecule has 6 nitrogen and oxygen atoms in total. The molecule has 3 rings (SSSR count). The molecule has 0 atom stereocenters. The topological polar surface area (TPSA) is 79.5 Å². The Morgan fingerprint density at radius 2 is 1.85 bits per heavy atom. The zero-order valence-corrected chi connectivity index (χ0v) is 17.8. The van der Waals surface area contributed by atoms with Crippen LogP contribution >= 0.6 is 11.3 Å². The Bertz CT molecular complexity index is 971. The van der Waals surface area contributed by atoms with Crippen LogP contribution in [0.3, 0.4) is 0 Å². The van der Waals surface area contributed by atoms with Crippen molar-refractivity contribution in [3.05, 3.63) is 46.7 Å². The van der Waals surface area contributed by atoms with Crippen molar-refractivity contribution in [2.75, 3.05) is 14.2 Å². The molecular weight excluding hydrogens is 386 g/mol. The van der Waals surface area contributed by atoms with Crippen LogP contribution in [0.25, 0.3) is 16.3 Å². The van der Waals surface area contributed by atoms with Crippen molar-refractivity contribution < 1.29 is 26.5 Å². The molecular formula is C19H25NO5S2. The number of hydrogen-bond donors (Lipinski definition) is 0. The number of hydrogen-bond acceptors (Lipinski definition) is 6. The summed E-state index contributed by atoms with van der Waals surface area (Å²) in [5, 5.41) is 1.29. The van der Waals surface area contributed by atoms with E-state index in [-0.39, 0.29) is 5.41 Å². The maximum atomic E-state index is 9.22. The summed E-state index contributed by atoms with van der Waals surface area (Å²) in [4.78, 5) is 0. The lowest BCUT2D eigenvalue weighted by molar-refractivity contribution is -0.642. The molecule has 0 saturated heterocycles. The number of aryl methyl sites for hydroxylation is 1. The zero-order chi connectivity index (χ0) is 20.2. The van der Waals surface area contributed by atoms with Crippen LogP contribution in [-0.2, 0) is 26.4 Å². The first-order valence-corrected chi connectivity index (χ1v) is 10.5. The van der Waals surface area contributed by atoms with Crippen LogP contribution < -0.4 is 4.57 Å². The SMILES string of the molecule is COC1=CC(=Cc2sc3ccccc3[n+]2C)CC(C)(C)C1.COS(=O)(=O)[O-]. The van der Waals surface area contributed by atoms with Crippen molar-refractivity contribution in [1.82, 2.24) is 0 Å². The largest absolute Gasteiger partial charge is 0.726 e. The van der Waals surface area contributed by atoms with Gasteiger partial charge in [0.2, 0.25) is 15.9 Å². The molecule has 0 amide bonds. The Balaban J connectivity index is 0.000000380. The van der Waals surface area contributed by atoms with E-state index in [0.717, 1.165) is 25.7 Å². The van der Waals surface area contributed by atoms with Crippen molar-refractivity contribution in [3.8, 4) is 0 Å². The first-order chi connectivity index (χ1) is 12.5. The van der Waals surface area contributed by atoms with Gasteiger partial charge in [0, 0.05) is 18.6 Å². The van der Waals surface area contributed by atoms with Crippen LogP contribution in [0.5, 0.6) is 0 Å². The van der Waals surface area contributed by atoms with Crippen molar-refractivity contribution in [1.29, 1.82) is 0 Å². The second-order valence-corrected chi connectivity index (χ2v) is 9.31. The van der Waals surface area contributed by atoms with Gasteiger partial charge in [-0.1, -0.05) is 37.3 Å². The van der Waals surface area contributed by atoms with Crippen molar-refractivity contribution in [2.24, 2.45) is 12.5 Å². The third-order valence-electron chi connectivity index (χ3n) is 4.23. The van der Waals surface area contributed by atoms with Gasteiger partial charge in [-0.2, -0.15) is 4.57 Å². The molecule has 2 aromatic rings. The van der Waals surface area contributed by atoms with Crippen LogP contribution in [0.4, 0.5) is 0 Å². The van der Waals surface area contributed by atoms with E-state index in [1.165, 1.54) is 20.8 Å². The molecule has 0 unspecified atom stereocenters. The van der Waals surface area contributed by atoms with E-state index in [2.05, 4.69) is 66.1 Å². The van der Waals surface area contributed by atoms with E-state index in [1.54, 1.807) is 7.11 Å². The molecule has 0 saturated carbocycles. The Hall–Kier alpha value is -1.74. The van der Waals surface area contributed by atoms with Crippen LogP contribution in [0.1, 0.15) is 31.7 Å². The fraction of sp³-hybridized carbons (Fsp3) is 0.421. The molecule has 1 heterocycles. The highest BCUT2D eigenvalue weighted by atomic mass is 32.3. The first-order valence-electron chi connectivity index (χ1n) is 8.39. The number of allylic oxidation sites excluding steroid dienone is 3. The molecule has 0 bridgehead atoms. The van der Waals surface area contributed by atoms with Crippen LogP contribution in [-0.4, -0.2) is 27.2 Å². The second-order valence-electron chi connectivity index (χ2n) is 7.09. The number of aromatic nitrogens is 1. The van der Waals surface area contributed by atoms with E-state index < -0.39 is 10.4 Å². The van der Waals surface area contributed by atoms with Gasteiger partial charge in [0.15, 0.2) is 0 Å². The third kappa shape index (κ3) is 6.14. The normalized spacial score (nSPS) is 18.0. The molecule has 1 aromatic carbocycles. The minimum atomic E-state index is -4.41. The summed E-state index contributed by atoms with van der Waals surface area (Å²) in [6, 6.07) is 8.55. The molecule has 0 aliphatic heterocycles. The lowest BCUT2D eigenvalue weighted by Gasteiger charge is -2.30. The first kappa shape index (κ1) is 21.6. The van der Waals surface area contributed by atoms with E-state index in [0.29, 0.717) is 0 Å². The van der Waals surface area contributed by atoms with E-state index >= 15 is 0 Å². The fourth-order valence-corrected chi connectivity index (χ4v) is 4.15. The minimum absolute atomic E-state index is 0.265. The van der Waals surface area contributed by atoms with E-state index in [9.17, 15) is 13.0 Å². The highest BCUT2D eigenvalue weighted by molar-refractivity contribution is 7.80. The second kappa shape index (κ2) is 8.52. The van der Waals surface area contributed by atoms with Crippen molar-refractivity contribution >= 4 is 38.0 Å². The predicted octanol–water partition coefficient (Wildman–Crippen LogP) is 3.55. The molecule has 0 spiro atoms. The molecule has 27 heavy (non-hydrogen) atoms. The summed E-state index contributed by atoms with van der Waals surface area (Å²) < 4.78 is 40.1. The van der Waals surface area contributed by atoms with Crippen LogP contribution in [0.15, 0.2) is 41.7 Å². The van der Waals surface area contributed by atoms with Gasteiger partial charge in [-0.05, 0) is 29.6 Å². The fourth-order valence-electron chi connectivity index (χ4n) is 3.02. The van der Waals surface area contributed by atoms with Gasteiger partial charge < -0.3 is 9.29 Å². The number of thiazole rings is 1. The monoisotopic (exact) mass is 411 g/mol. The van der Waals surface area contributed by atoms with Gasteiger partial charge in [-0.25, -0.2) is 8.42 Å². The number of fused-ring (bicyclic) bond motifs is 1. The van der Waals surface area contributed by atoms with Gasteiger partial charge in [-0.3, -0.25) is 4.18 Å². The smallest absolute Gasteiger partial charge is 0.262 e. The summed E-state index contributed by atoms with van der Waals surface area (Å²) in [6.07, 6.45) is 6.62. The molecule has 0 radical (unpaired) electrons. The van der Waals surface area contributed by atoms with Crippen LogP contribution in [0.2, 0.25) is 0 Å². The van der Waals surface area contributed by atoms with E-state index in [1.807, 2.05) is 11.3 Å². The molecule has 8 heteroatoms. The molecule has 1 aliphatic carbocycles. The van der Waals surface area contributed by atoms with Crippen molar-refractivity contribution in [2.45, 2.75) is 26.7 Å². The molecule has 148 valence electrons. The minimum Gasteiger partial charge on any atom is -0.726 e. The third-order valence-corrected chi connectivity index (χ3v) is 5.80. The van der Waals surface area contributed by atoms with Gasteiger partial charge in [-0.15, -0.1) is 0 Å². The van der Waals surface area contributed by atoms with Gasteiger partial charge in [0.1, 0.15) is 11.7 Å². The van der Waals surface area contributed by atoms with Gasteiger partial charge >= 0.3 is 0 Å². The molecule has 0 N–H and O–H groups in total. The number of methoxy groups -OCH3 is 1. The van der Waals surface area contributed by atoms with Crippen LogP contribution in [0, 0.1) is 5.41 Å². The average Bonchev–Trinajstić information content (AvgIpc) is 2.89. The van der Waals surface area contributed by atoms with Gasteiger partial charge in [0.25, 0.3) is 5.01 Å². The van der Waals surface area contributed by atoms with E-state index in [4.69, 9.17) is 4.74 Å². The summed E-state index contributed by atoms with van der Waals surface area (Å²) in [7, 11) is 0.303. The molecule has 1 aromatic heterocycles. The lowest BCUT2D eigenvalue weighted by atomic mass is 9.78. The summed E-state index contributed by atoms with van der Waals surface area (Å²) in [5.74, 6) is 1.08. The Kier molecular flexibility index (Phi) is 6.80. The highest BCUT2D eigenvalue weighted by Crippen LogP contribution is 2.39. The number of rotatable bonds is 3. The summed E-state index contributed by atoms with van der Waals surface area (Å²) in [5.41, 5.74) is 2.91. The standard InChI is InChI=1S/C18H22NOS.CH4O4S/c1-18(2)11-13(9-14(12-18)20-4)10-17-19(3)15-7-5-6-8-16(15)21-17;1-5-6(2,3)4/h5-10H,11-12H2,1-4H3;1H3,(H,2,3,4)/q+1;/p-1. The Morgan fingerprint density at radius 3 is 2.41 bits per heavy atom. The number of para-hydroxylation sites is 1. The number of ether oxygens (including phenoxy) is 1. The predicted molar refractivity (Wildman–Crippen MR) is 106 cm³/mol. The summed E-state index contributed by atoms with van der Waals surface area (Å²) >= 11 is 1.84. The molecule has 1 aliphatic rings. The average molecular weight is 412 g/mol. The quantitative estimate of drug-likeness (QED) is 0.438. The summed E-state index contributed by atoms with van der Waals surface area (Å²) in [6.45, 7) is 4.61. The Morgan fingerprint density at radius 1 is 1.22 bits per heavy atom. The maximum absolute atomic E-state index is 9.22. The number of nitrogens with zero attached hydrogens (tertiary/aromatic N) is 1. The number of benzene rings is 1. The molecule has 0 fully saturated rings. The maximum Gasteiger partial charge on any atom is 0.262 e. The lowest BCUT2D eigenvalue weighted by Crippen LogP contribution is -2.29. The highest BCUT2D eigenvalue weighted by Gasteiger charge is 2.27. The van der Waals surface area contributed by atoms with Crippen molar-refractivity contribution in [3.63, 3.8) is 0 Å².